The molecule has 0 aliphatic carbocycles. The minimum absolute atomic E-state index is 0.191. The zero-order chi connectivity index (χ0) is 24.4. The van der Waals surface area contributed by atoms with Crippen LogP contribution in [0.2, 0.25) is 0 Å². The third-order valence-electron chi connectivity index (χ3n) is 6.09. The summed E-state index contributed by atoms with van der Waals surface area (Å²) in [6.45, 7) is 1.91. The van der Waals surface area contributed by atoms with Gasteiger partial charge >= 0.3 is 0 Å². The second-order valence-corrected chi connectivity index (χ2v) is 9.18. The zero-order valence-electron chi connectivity index (χ0n) is 19.8. The second-order valence-electron chi connectivity index (χ2n) is 8.31. The summed E-state index contributed by atoms with van der Waals surface area (Å²) in [6, 6.07) is 26.4. The molecule has 0 aliphatic rings. The van der Waals surface area contributed by atoms with Crippen LogP contribution in [-0.4, -0.2) is 19.3 Å². The average molecular weight is 480 g/mol. The quantitative estimate of drug-likeness (QED) is 0.198. The Bertz CT molecular complexity index is 1560. The molecule has 0 fully saturated rings. The van der Waals surface area contributed by atoms with Crippen molar-refractivity contribution in [2.45, 2.75) is 11.8 Å². The lowest BCUT2D eigenvalue weighted by molar-refractivity contribution is -0.111. The van der Waals surface area contributed by atoms with E-state index in [1.165, 1.54) is 10.8 Å². The minimum atomic E-state index is -0.191. The molecule has 0 saturated carbocycles. The van der Waals surface area contributed by atoms with Crippen LogP contribution in [0.15, 0.2) is 101 Å². The zero-order valence-corrected chi connectivity index (χ0v) is 20.6. The van der Waals surface area contributed by atoms with Crippen molar-refractivity contribution in [3.63, 3.8) is 0 Å². The molecular formula is C30H25NO3S. The topological polar surface area (TPSA) is 51.5 Å². The summed E-state index contributed by atoms with van der Waals surface area (Å²) in [5, 5.41) is 6.27. The van der Waals surface area contributed by atoms with Crippen molar-refractivity contribution >= 4 is 50.7 Å². The lowest BCUT2D eigenvalue weighted by Crippen LogP contribution is -2.08. The number of furan rings is 1. The number of amides is 1. The summed E-state index contributed by atoms with van der Waals surface area (Å²) in [6.07, 6.45) is 5.40. The van der Waals surface area contributed by atoms with Crippen molar-refractivity contribution in [3.8, 4) is 16.9 Å². The van der Waals surface area contributed by atoms with E-state index in [-0.39, 0.29) is 5.91 Å². The van der Waals surface area contributed by atoms with Gasteiger partial charge in [-0.25, -0.2) is 0 Å². The van der Waals surface area contributed by atoms with Crippen LogP contribution >= 0.6 is 11.8 Å². The predicted octanol–water partition coefficient (Wildman–Crippen LogP) is 8.03. The lowest BCUT2D eigenvalue weighted by Gasteiger charge is -2.10. The maximum atomic E-state index is 12.7. The first kappa shape index (κ1) is 22.8. The summed E-state index contributed by atoms with van der Waals surface area (Å²) in [5.41, 5.74) is 5.21. The monoisotopic (exact) mass is 479 g/mol. The first-order valence-corrected chi connectivity index (χ1v) is 12.5. The standard InChI is InChI=1S/C30H25NO3S/c1-19(14-30(32)31-23-10-12-24(35-3)13-11-23)25-16-26-27(18-34-29(26)17-28(25)33-2)22-9-8-20-6-4-5-7-21(20)15-22/h4-18H,1-3H3,(H,31,32)/b19-14+. The molecule has 0 aliphatic heterocycles. The molecule has 1 heterocycles. The van der Waals surface area contributed by atoms with Crippen LogP contribution < -0.4 is 10.1 Å². The van der Waals surface area contributed by atoms with E-state index in [4.69, 9.17) is 9.15 Å². The van der Waals surface area contributed by atoms with Crippen LogP contribution in [0.5, 0.6) is 5.75 Å². The Morgan fingerprint density at radius 2 is 1.74 bits per heavy atom. The number of hydrogen-bond donors (Lipinski definition) is 1. The van der Waals surface area contributed by atoms with Gasteiger partial charge in [-0.05, 0) is 71.5 Å². The minimum Gasteiger partial charge on any atom is -0.496 e. The van der Waals surface area contributed by atoms with Crippen LogP contribution in [0.4, 0.5) is 5.69 Å². The summed E-state index contributed by atoms with van der Waals surface area (Å²) < 4.78 is 11.5. The Morgan fingerprint density at radius 1 is 0.971 bits per heavy atom. The summed E-state index contributed by atoms with van der Waals surface area (Å²) in [7, 11) is 1.62. The smallest absolute Gasteiger partial charge is 0.248 e. The molecular weight excluding hydrogens is 454 g/mol. The van der Waals surface area contributed by atoms with Gasteiger partial charge in [0, 0.05) is 39.2 Å². The predicted molar refractivity (Wildman–Crippen MR) is 146 cm³/mol. The van der Waals surface area contributed by atoms with Crippen LogP contribution in [0.3, 0.4) is 0 Å². The van der Waals surface area contributed by atoms with Gasteiger partial charge in [0.25, 0.3) is 0 Å². The van der Waals surface area contributed by atoms with Crippen molar-refractivity contribution < 1.29 is 13.9 Å². The van der Waals surface area contributed by atoms with E-state index in [2.05, 4.69) is 35.6 Å². The van der Waals surface area contributed by atoms with Gasteiger partial charge in [0.1, 0.15) is 11.3 Å². The highest BCUT2D eigenvalue weighted by atomic mass is 32.2. The number of thioether (sulfide) groups is 1. The van der Waals surface area contributed by atoms with Gasteiger partial charge in [-0.15, -0.1) is 11.8 Å². The summed E-state index contributed by atoms with van der Waals surface area (Å²) >= 11 is 1.66. The molecule has 0 unspecified atom stereocenters. The molecule has 1 amide bonds. The van der Waals surface area contributed by atoms with E-state index in [1.54, 1.807) is 31.2 Å². The molecule has 4 nitrogen and oxygen atoms in total. The van der Waals surface area contributed by atoms with Gasteiger partial charge in [-0.2, -0.15) is 0 Å². The van der Waals surface area contributed by atoms with Gasteiger partial charge in [-0.1, -0.05) is 36.4 Å². The Labute approximate surface area is 208 Å². The number of carbonyl (C=O) groups excluding carboxylic acids is 1. The number of nitrogens with one attached hydrogen (secondary N) is 1. The van der Waals surface area contributed by atoms with E-state index in [0.717, 1.165) is 43.8 Å². The van der Waals surface area contributed by atoms with E-state index >= 15 is 0 Å². The molecule has 174 valence electrons. The highest BCUT2D eigenvalue weighted by Crippen LogP contribution is 2.38. The molecule has 4 aromatic carbocycles. The number of rotatable bonds is 6. The number of fused-ring (bicyclic) bond motifs is 2. The maximum absolute atomic E-state index is 12.7. The van der Waals surface area contributed by atoms with Gasteiger partial charge in [-0.3, -0.25) is 4.79 Å². The molecule has 0 bridgehead atoms. The number of anilines is 1. The van der Waals surface area contributed by atoms with Crippen molar-refractivity contribution in [1.29, 1.82) is 0 Å². The fourth-order valence-corrected chi connectivity index (χ4v) is 4.65. The average Bonchev–Trinajstić information content (AvgIpc) is 3.30. The molecule has 0 radical (unpaired) electrons. The number of methoxy groups -OCH3 is 1. The van der Waals surface area contributed by atoms with Crippen LogP contribution in [0, 0.1) is 0 Å². The normalized spacial score (nSPS) is 11.7. The number of benzene rings is 4. The molecule has 0 atom stereocenters. The molecule has 0 saturated heterocycles. The molecule has 1 aromatic heterocycles. The van der Waals surface area contributed by atoms with E-state index in [9.17, 15) is 4.79 Å². The molecule has 35 heavy (non-hydrogen) atoms. The highest BCUT2D eigenvalue weighted by Gasteiger charge is 2.15. The Kier molecular flexibility index (Phi) is 6.34. The summed E-state index contributed by atoms with van der Waals surface area (Å²) in [4.78, 5) is 13.9. The Balaban J connectivity index is 1.50. The lowest BCUT2D eigenvalue weighted by atomic mass is 9.97. The van der Waals surface area contributed by atoms with Gasteiger partial charge in [0.15, 0.2) is 0 Å². The molecule has 5 heteroatoms. The highest BCUT2D eigenvalue weighted by molar-refractivity contribution is 7.98. The van der Waals surface area contributed by atoms with E-state index in [0.29, 0.717) is 5.75 Å². The van der Waals surface area contributed by atoms with Crippen molar-refractivity contribution in [2.75, 3.05) is 18.7 Å². The van der Waals surface area contributed by atoms with E-state index < -0.39 is 0 Å². The van der Waals surface area contributed by atoms with Crippen molar-refractivity contribution in [2.24, 2.45) is 0 Å². The summed E-state index contributed by atoms with van der Waals surface area (Å²) in [5.74, 6) is 0.464. The van der Waals surface area contributed by atoms with Gasteiger partial charge in [0.05, 0.1) is 13.4 Å². The fraction of sp³-hybridized carbons (Fsp3) is 0.100. The fourth-order valence-electron chi connectivity index (χ4n) is 4.24. The third kappa shape index (κ3) is 4.68. The number of allylic oxidation sites excluding steroid dienone is 1. The van der Waals surface area contributed by atoms with Crippen molar-refractivity contribution in [3.05, 3.63) is 96.8 Å². The maximum Gasteiger partial charge on any atom is 0.248 e. The SMILES string of the molecule is COc1cc2occ(-c3ccc4ccccc4c3)c2cc1/C(C)=C/C(=O)Nc1ccc(SC)cc1. The molecule has 0 spiro atoms. The number of carbonyl (C=O) groups is 1. The Morgan fingerprint density at radius 3 is 2.49 bits per heavy atom. The van der Waals surface area contributed by atoms with Crippen LogP contribution in [-0.2, 0) is 4.79 Å². The van der Waals surface area contributed by atoms with E-state index in [1.807, 2.05) is 61.7 Å². The molecule has 5 rings (SSSR count). The Hall–Kier alpha value is -3.96. The van der Waals surface area contributed by atoms with Gasteiger partial charge in [0.2, 0.25) is 5.91 Å². The molecule has 1 N–H and O–H groups in total. The number of ether oxygens (including phenoxy) is 1. The third-order valence-corrected chi connectivity index (χ3v) is 6.83. The molecule has 5 aromatic rings. The van der Waals surface area contributed by atoms with Crippen molar-refractivity contribution in [1.82, 2.24) is 0 Å². The second kappa shape index (κ2) is 9.72. The van der Waals surface area contributed by atoms with Crippen LogP contribution in [0.1, 0.15) is 12.5 Å². The first-order valence-electron chi connectivity index (χ1n) is 11.3. The first-order chi connectivity index (χ1) is 17.1. The van der Waals surface area contributed by atoms with Gasteiger partial charge < -0.3 is 14.5 Å². The van der Waals surface area contributed by atoms with Crippen LogP contribution in [0.25, 0.3) is 38.4 Å². The number of hydrogen-bond acceptors (Lipinski definition) is 4. The largest absolute Gasteiger partial charge is 0.496 e.